The summed E-state index contributed by atoms with van der Waals surface area (Å²) in [6.45, 7) is 9.80. The zero-order valence-corrected chi connectivity index (χ0v) is 13.0. The van der Waals surface area contributed by atoms with Gasteiger partial charge in [0.25, 0.3) is 0 Å². The minimum Gasteiger partial charge on any atom is -0.481 e. The largest absolute Gasteiger partial charge is 0.481 e. The second kappa shape index (κ2) is 9.58. The van der Waals surface area contributed by atoms with E-state index in [0.29, 0.717) is 26.2 Å². The summed E-state index contributed by atoms with van der Waals surface area (Å²) in [5.41, 5.74) is -0.0846. The standard InChI is InChI=1S/C14H28N2O4/c1-5-20-8-6-7-15-13(19)16-10-11(12(17)18)9-14(2,3)4/h11H,5-10H2,1-4H3,(H,17,18)(H2,15,16,19). The van der Waals surface area contributed by atoms with Crippen molar-refractivity contribution >= 4 is 12.0 Å². The van der Waals surface area contributed by atoms with Crippen LogP contribution < -0.4 is 10.6 Å². The van der Waals surface area contributed by atoms with Crippen molar-refractivity contribution in [1.82, 2.24) is 10.6 Å². The van der Waals surface area contributed by atoms with E-state index in [4.69, 9.17) is 9.84 Å². The minimum absolute atomic E-state index is 0.0846. The van der Waals surface area contributed by atoms with Crippen LogP contribution in [-0.2, 0) is 9.53 Å². The van der Waals surface area contributed by atoms with Crippen molar-refractivity contribution in [3.63, 3.8) is 0 Å². The van der Waals surface area contributed by atoms with Crippen molar-refractivity contribution in [2.24, 2.45) is 11.3 Å². The summed E-state index contributed by atoms with van der Waals surface area (Å²) >= 11 is 0. The number of carboxylic acid groups (broad SMARTS) is 1. The summed E-state index contributed by atoms with van der Waals surface area (Å²) < 4.78 is 5.15. The summed E-state index contributed by atoms with van der Waals surface area (Å²) in [5, 5.41) is 14.4. The van der Waals surface area contributed by atoms with E-state index in [-0.39, 0.29) is 18.0 Å². The Morgan fingerprint density at radius 1 is 1.25 bits per heavy atom. The normalized spacial score (nSPS) is 12.8. The Hall–Kier alpha value is -1.30. The maximum Gasteiger partial charge on any atom is 0.314 e. The highest BCUT2D eigenvalue weighted by Gasteiger charge is 2.24. The third-order valence-corrected chi connectivity index (χ3v) is 2.67. The van der Waals surface area contributed by atoms with Gasteiger partial charge in [-0.1, -0.05) is 20.8 Å². The van der Waals surface area contributed by atoms with Gasteiger partial charge in [-0.15, -0.1) is 0 Å². The van der Waals surface area contributed by atoms with Gasteiger partial charge >= 0.3 is 12.0 Å². The molecule has 0 aliphatic rings. The molecule has 118 valence electrons. The van der Waals surface area contributed by atoms with Crippen LogP contribution in [0.1, 0.15) is 40.5 Å². The van der Waals surface area contributed by atoms with E-state index in [1.807, 2.05) is 27.7 Å². The maximum absolute atomic E-state index is 11.5. The van der Waals surface area contributed by atoms with E-state index in [1.165, 1.54) is 0 Å². The topological polar surface area (TPSA) is 87.7 Å². The SMILES string of the molecule is CCOCCCNC(=O)NCC(CC(C)(C)C)C(=O)O. The number of carboxylic acids is 1. The number of carbonyl (C=O) groups excluding carboxylic acids is 1. The van der Waals surface area contributed by atoms with Crippen molar-refractivity contribution < 1.29 is 19.4 Å². The van der Waals surface area contributed by atoms with Crippen molar-refractivity contribution in [2.45, 2.75) is 40.5 Å². The summed E-state index contributed by atoms with van der Waals surface area (Å²) in [7, 11) is 0. The summed E-state index contributed by atoms with van der Waals surface area (Å²) in [4.78, 5) is 22.6. The number of nitrogens with one attached hydrogen (secondary N) is 2. The Kier molecular flexibility index (Phi) is 8.96. The molecule has 20 heavy (non-hydrogen) atoms. The molecule has 2 amide bonds. The number of aliphatic carboxylic acids is 1. The van der Waals surface area contributed by atoms with Gasteiger partial charge in [0.05, 0.1) is 5.92 Å². The average Bonchev–Trinajstić information content (AvgIpc) is 2.32. The molecule has 6 heteroatoms. The fourth-order valence-electron chi connectivity index (χ4n) is 1.78. The maximum atomic E-state index is 11.5. The molecule has 0 fully saturated rings. The lowest BCUT2D eigenvalue weighted by Crippen LogP contribution is -2.41. The zero-order chi connectivity index (χ0) is 15.6. The Morgan fingerprint density at radius 3 is 2.40 bits per heavy atom. The second-order valence-electron chi connectivity index (χ2n) is 5.99. The summed E-state index contributed by atoms with van der Waals surface area (Å²) in [6, 6.07) is -0.332. The van der Waals surface area contributed by atoms with Gasteiger partial charge in [0.2, 0.25) is 0 Å². The van der Waals surface area contributed by atoms with Gasteiger partial charge in [0.15, 0.2) is 0 Å². The molecule has 3 N–H and O–H groups in total. The molecule has 0 bridgehead atoms. The second-order valence-corrected chi connectivity index (χ2v) is 5.99. The number of hydrogen-bond acceptors (Lipinski definition) is 3. The van der Waals surface area contributed by atoms with Gasteiger partial charge < -0.3 is 20.5 Å². The molecule has 0 radical (unpaired) electrons. The van der Waals surface area contributed by atoms with Crippen LogP contribution >= 0.6 is 0 Å². The quantitative estimate of drug-likeness (QED) is 0.565. The molecule has 0 aliphatic carbocycles. The highest BCUT2D eigenvalue weighted by Crippen LogP contribution is 2.24. The molecule has 0 aromatic heterocycles. The molecule has 0 spiro atoms. The molecule has 0 aliphatic heterocycles. The third-order valence-electron chi connectivity index (χ3n) is 2.67. The smallest absolute Gasteiger partial charge is 0.314 e. The molecule has 0 aromatic rings. The number of carbonyl (C=O) groups is 2. The first-order chi connectivity index (χ1) is 9.26. The van der Waals surface area contributed by atoms with Gasteiger partial charge in [-0.05, 0) is 25.2 Å². The lowest BCUT2D eigenvalue weighted by Gasteiger charge is -2.23. The van der Waals surface area contributed by atoms with Gasteiger partial charge in [0.1, 0.15) is 0 Å². The number of ether oxygens (including phenoxy) is 1. The molecule has 0 saturated carbocycles. The van der Waals surface area contributed by atoms with Gasteiger partial charge in [0, 0.05) is 26.3 Å². The molecule has 0 saturated heterocycles. The predicted molar refractivity (Wildman–Crippen MR) is 77.7 cm³/mol. The summed E-state index contributed by atoms with van der Waals surface area (Å²) in [5.74, 6) is -1.44. The fraction of sp³-hybridized carbons (Fsp3) is 0.857. The molecule has 0 aromatic carbocycles. The van der Waals surface area contributed by atoms with Crippen LogP contribution in [0.15, 0.2) is 0 Å². The number of hydrogen-bond donors (Lipinski definition) is 3. The Labute approximate surface area is 121 Å². The van der Waals surface area contributed by atoms with Crippen LogP contribution in [-0.4, -0.2) is 43.4 Å². The molecule has 1 atom stereocenters. The molecule has 1 unspecified atom stereocenters. The van der Waals surface area contributed by atoms with E-state index in [2.05, 4.69) is 10.6 Å². The summed E-state index contributed by atoms with van der Waals surface area (Å²) in [6.07, 6.45) is 1.26. The molecule has 0 heterocycles. The van der Waals surface area contributed by atoms with Crippen LogP contribution in [0.2, 0.25) is 0 Å². The highest BCUT2D eigenvalue weighted by molar-refractivity contribution is 5.75. The number of amides is 2. The van der Waals surface area contributed by atoms with Crippen LogP contribution in [0.3, 0.4) is 0 Å². The van der Waals surface area contributed by atoms with E-state index >= 15 is 0 Å². The predicted octanol–water partition coefficient (Wildman–Crippen LogP) is 1.85. The fourth-order valence-corrected chi connectivity index (χ4v) is 1.78. The van der Waals surface area contributed by atoms with E-state index in [0.717, 1.165) is 6.42 Å². The van der Waals surface area contributed by atoms with Gasteiger partial charge in [-0.25, -0.2) is 4.79 Å². The number of urea groups is 1. The van der Waals surface area contributed by atoms with Crippen LogP contribution in [0.25, 0.3) is 0 Å². The first-order valence-corrected chi connectivity index (χ1v) is 7.08. The van der Waals surface area contributed by atoms with E-state index in [1.54, 1.807) is 0 Å². The third kappa shape index (κ3) is 10.6. The molecular formula is C14H28N2O4. The van der Waals surface area contributed by atoms with Crippen LogP contribution in [0, 0.1) is 11.3 Å². The Morgan fingerprint density at radius 2 is 1.90 bits per heavy atom. The van der Waals surface area contributed by atoms with Crippen molar-refractivity contribution in [2.75, 3.05) is 26.3 Å². The number of rotatable bonds is 9. The van der Waals surface area contributed by atoms with Crippen molar-refractivity contribution in [3.8, 4) is 0 Å². The van der Waals surface area contributed by atoms with E-state index in [9.17, 15) is 9.59 Å². The van der Waals surface area contributed by atoms with Crippen molar-refractivity contribution in [1.29, 1.82) is 0 Å². The monoisotopic (exact) mass is 288 g/mol. The first-order valence-electron chi connectivity index (χ1n) is 7.08. The lowest BCUT2D eigenvalue weighted by molar-refractivity contribution is -0.142. The van der Waals surface area contributed by atoms with Gasteiger partial charge in [-0.2, -0.15) is 0 Å². The molecule has 0 rings (SSSR count). The molecular weight excluding hydrogens is 260 g/mol. The Bertz CT molecular complexity index is 300. The lowest BCUT2D eigenvalue weighted by atomic mass is 9.84. The first kappa shape index (κ1) is 18.7. The van der Waals surface area contributed by atoms with E-state index < -0.39 is 11.9 Å². The average molecular weight is 288 g/mol. The zero-order valence-electron chi connectivity index (χ0n) is 13.0. The van der Waals surface area contributed by atoms with Crippen LogP contribution in [0.5, 0.6) is 0 Å². The van der Waals surface area contributed by atoms with Crippen molar-refractivity contribution in [3.05, 3.63) is 0 Å². The highest BCUT2D eigenvalue weighted by atomic mass is 16.5. The van der Waals surface area contributed by atoms with Gasteiger partial charge in [-0.3, -0.25) is 4.79 Å². The Balaban J connectivity index is 3.91. The minimum atomic E-state index is -0.878. The molecule has 6 nitrogen and oxygen atoms in total. The van der Waals surface area contributed by atoms with Crippen LogP contribution in [0.4, 0.5) is 4.79 Å².